The zero-order chi connectivity index (χ0) is 15.2. The van der Waals surface area contributed by atoms with Crippen molar-refractivity contribution in [3.8, 4) is 0 Å². The summed E-state index contributed by atoms with van der Waals surface area (Å²) in [7, 11) is 0. The Kier molecular flexibility index (Phi) is 5.33. The van der Waals surface area contributed by atoms with Crippen molar-refractivity contribution in [1.29, 1.82) is 0 Å². The molecule has 2 amide bonds. The molecule has 0 aliphatic carbocycles. The number of piperidine rings is 1. The first kappa shape index (κ1) is 15.5. The van der Waals surface area contributed by atoms with Gasteiger partial charge in [0.25, 0.3) is 0 Å². The van der Waals surface area contributed by atoms with E-state index in [-0.39, 0.29) is 11.8 Å². The number of benzene rings is 1. The Hall–Kier alpha value is -1.88. The highest BCUT2D eigenvalue weighted by Gasteiger charge is 2.19. The molecular formula is C16H23N3O2. The number of hydrogen-bond acceptors (Lipinski definition) is 3. The summed E-state index contributed by atoms with van der Waals surface area (Å²) in [6.07, 6.45) is 2.01. The molecule has 21 heavy (non-hydrogen) atoms. The summed E-state index contributed by atoms with van der Waals surface area (Å²) < 4.78 is 0. The lowest BCUT2D eigenvalue weighted by Gasteiger charge is -2.31. The maximum atomic E-state index is 11.3. The van der Waals surface area contributed by atoms with E-state index in [0.717, 1.165) is 38.2 Å². The predicted octanol–water partition coefficient (Wildman–Crippen LogP) is 1.75. The van der Waals surface area contributed by atoms with Gasteiger partial charge in [-0.2, -0.15) is 0 Å². The minimum atomic E-state index is -0.0573. The molecule has 114 valence electrons. The minimum absolute atomic E-state index is 0.0573. The van der Waals surface area contributed by atoms with E-state index in [1.54, 1.807) is 6.92 Å². The summed E-state index contributed by atoms with van der Waals surface area (Å²) in [5.74, 6) is 0.111. The lowest BCUT2D eigenvalue weighted by atomic mass is 10.0. The second-order valence-corrected chi connectivity index (χ2v) is 5.54. The van der Waals surface area contributed by atoms with Crippen LogP contribution in [-0.4, -0.2) is 35.8 Å². The fourth-order valence-corrected chi connectivity index (χ4v) is 2.57. The van der Waals surface area contributed by atoms with Crippen molar-refractivity contribution in [3.63, 3.8) is 0 Å². The molecule has 1 aromatic carbocycles. The molecule has 0 atom stereocenters. The smallest absolute Gasteiger partial charge is 0.221 e. The number of nitrogens with one attached hydrogen (secondary N) is 2. The van der Waals surface area contributed by atoms with Gasteiger partial charge in [0.05, 0.1) is 0 Å². The molecule has 1 aliphatic heterocycles. The van der Waals surface area contributed by atoms with Gasteiger partial charge in [-0.25, -0.2) is 0 Å². The van der Waals surface area contributed by atoms with Crippen LogP contribution in [0.3, 0.4) is 0 Å². The molecule has 1 aromatic rings. The summed E-state index contributed by atoms with van der Waals surface area (Å²) in [5.41, 5.74) is 2.01. The summed E-state index contributed by atoms with van der Waals surface area (Å²) in [5, 5.41) is 6.29. The van der Waals surface area contributed by atoms with Crippen LogP contribution in [0.4, 0.5) is 5.69 Å². The Bertz CT molecular complexity index is 491. The number of nitrogens with zero attached hydrogens (tertiary/aromatic N) is 1. The first-order chi connectivity index (χ1) is 10.0. The molecule has 1 saturated heterocycles. The van der Waals surface area contributed by atoms with Crippen LogP contribution in [0.5, 0.6) is 0 Å². The van der Waals surface area contributed by atoms with Crippen LogP contribution >= 0.6 is 0 Å². The molecule has 2 rings (SSSR count). The first-order valence-electron chi connectivity index (χ1n) is 7.40. The molecule has 5 nitrogen and oxygen atoms in total. The third-order valence-corrected chi connectivity index (χ3v) is 3.81. The van der Waals surface area contributed by atoms with Crippen LogP contribution in [0.15, 0.2) is 24.3 Å². The fraction of sp³-hybridized carbons (Fsp3) is 0.500. The van der Waals surface area contributed by atoms with E-state index < -0.39 is 0 Å². The van der Waals surface area contributed by atoms with Gasteiger partial charge < -0.3 is 15.5 Å². The Labute approximate surface area is 125 Å². The standard InChI is InChI=1S/C16H23N3O2/c1-12(20)18-16-5-3-14(4-6-16)11-17-15-7-9-19(10-8-15)13(2)21/h3-6,15,17H,7-11H2,1-2H3,(H,18,20). The van der Waals surface area contributed by atoms with E-state index in [1.165, 1.54) is 12.5 Å². The SMILES string of the molecule is CC(=O)Nc1ccc(CNC2CCN(C(C)=O)CC2)cc1. The fourth-order valence-electron chi connectivity index (χ4n) is 2.57. The van der Waals surface area contributed by atoms with E-state index in [2.05, 4.69) is 10.6 Å². The second kappa shape index (κ2) is 7.22. The average Bonchev–Trinajstić information content (AvgIpc) is 2.46. The average molecular weight is 289 g/mol. The quantitative estimate of drug-likeness (QED) is 0.887. The molecule has 2 N–H and O–H groups in total. The van der Waals surface area contributed by atoms with Gasteiger partial charge in [0.2, 0.25) is 11.8 Å². The highest BCUT2D eigenvalue weighted by Crippen LogP contribution is 2.13. The summed E-state index contributed by atoms with van der Waals surface area (Å²) in [6.45, 7) is 5.63. The number of likely N-dealkylation sites (tertiary alicyclic amines) is 1. The predicted molar refractivity (Wildman–Crippen MR) is 82.9 cm³/mol. The van der Waals surface area contributed by atoms with Gasteiger partial charge in [-0.05, 0) is 30.5 Å². The van der Waals surface area contributed by atoms with Crippen LogP contribution in [0.25, 0.3) is 0 Å². The molecule has 1 fully saturated rings. The Morgan fingerprint density at radius 3 is 2.29 bits per heavy atom. The van der Waals surface area contributed by atoms with E-state index in [9.17, 15) is 9.59 Å². The zero-order valence-corrected chi connectivity index (χ0v) is 12.7. The molecular weight excluding hydrogens is 266 g/mol. The van der Waals surface area contributed by atoms with Gasteiger partial charge in [-0.1, -0.05) is 12.1 Å². The molecule has 0 bridgehead atoms. The number of carbonyl (C=O) groups excluding carboxylic acids is 2. The Morgan fingerprint density at radius 2 is 1.76 bits per heavy atom. The lowest BCUT2D eigenvalue weighted by molar-refractivity contribution is -0.129. The molecule has 0 saturated carbocycles. The molecule has 0 unspecified atom stereocenters. The molecule has 0 radical (unpaired) electrons. The van der Waals surface area contributed by atoms with E-state index in [0.29, 0.717) is 6.04 Å². The van der Waals surface area contributed by atoms with E-state index >= 15 is 0 Å². The van der Waals surface area contributed by atoms with Gasteiger partial charge in [-0.15, -0.1) is 0 Å². The number of rotatable bonds is 4. The third kappa shape index (κ3) is 4.86. The van der Waals surface area contributed by atoms with Crippen LogP contribution in [0.1, 0.15) is 32.3 Å². The number of hydrogen-bond donors (Lipinski definition) is 2. The summed E-state index contributed by atoms with van der Waals surface area (Å²) in [6, 6.07) is 8.33. The van der Waals surface area contributed by atoms with Gasteiger partial charge >= 0.3 is 0 Å². The topological polar surface area (TPSA) is 61.4 Å². The Balaban J connectivity index is 1.76. The molecule has 5 heteroatoms. The van der Waals surface area contributed by atoms with Gasteiger partial charge in [0, 0.05) is 45.2 Å². The van der Waals surface area contributed by atoms with Crippen molar-refractivity contribution >= 4 is 17.5 Å². The van der Waals surface area contributed by atoms with Crippen molar-refractivity contribution in [2.45, 2.75) is 39.3 Å². The second-order valence-electron chi connectivity index (χ2n) is 5.54. The van der Waals surface area contributed by atoms with Crippen LogP contribution < -0.4 is 10.6 Å². The monoisotopic (exact) mass is 289 g/mol. The number of anilines is 1. The van der Waals surface area contributed by atoms with Crippen molar-refractivity contribution < 1.29 is 9.59 Å². The van der Waals surface area contributed by atoms with Crippen LogP contribution in [0, 0.1) is 0 Å². The first-order valence-corrected chi connectivity index (χ1v) is 7.40. The normalized spacial score (nSPS) is 15.8. The Morgan fingerprint density at radius 1 is 1.14 bits per heavy atom. The highest BCUT2D eigenvalue weighted by atomic mass is 16.2. The van der Waals surface area contributed by atoms with Gasteiger partial charge in [0.15, 0.2) is 0 Å². The van der Waals surface area contributed by atoms with Crippen molar-refractivity contribution in [2.24, 2.45) is 0 Å². The highest BCUT2D eigenvalue weighted by molar-refractivity contribution is 5.88. The van der Waals surface area contributed by atoms with Gasteiger partial charge in [0.1, 0.15) is 0 Å². The zero-order valence-electron chi connectivity index (χ0n) is 12.7. The van der Waals surface area contributed by atoms with Crippen molar-refractivity contribution in [1.82, 2.24) is 10.2 Å². The van der Waals surface area contributed by atoms with Crippen molar-refractivity contribution in [3.05, 3.63) is 29.8 Å². The molecule has 1 heterocycles. The van der Waals surface area contributed by atoms with Crippen molar-refractivity contribution in [2.75, 3.05) is 18.4 Å². The minimum Gasteiger partial charge on any atom is -0.343 e. The molecule has 0 spiro atoms. The number of carbonyl (C=O) groups is 2. The largest absolute Gasteiger partial charge is 0.343 e. The molecule has 0 aromatic heterocycles. The van der Waals surface area contributed by atoms with Crippen LogP contribution in [-0.2, 0) is 16.1 Å². The number of amides is 2. The van der Waals surface area contributed by atoms with E-state index in [1.807, 2.05) is 29.2 Å². The van der Waals surface area contributed by atoms with Crippen LogP contribution in [0.2, 0.25) is 0 Å². The summed E-state index contributed by atoms with van der Waals surface area (Å²) in [4.78, 5) is 24.1. The maximum Gasteiger partial charge on any atom is 0.221 e. The lowest BCUT2D eigenvalue weighted by Crippen LogP contribution is -2.43. The third-order valence-electron chi connectivity index (χ3n) is 3.81. The summed E-state index contributed by atoms with van der Waals surface area (Å²) >= 11 is 0. The molecule has 1 aliphatic rings. The van der Waals surface area contributed by atoms with E-state index in [4.69, 9.17) is 0 Å². The van der Waals surface area contributed by atoms with Gasteiger partial charge in [-0.3, -0.25) is 9.59 Å². The maximum absolute atomic E-state index is 11.3.